The molecule has 0 spiro atoms. The van der Waals surface area contributed by atoms with Crippen LogP contribution in [0.1, 0.15) is 0 Å². The predicted molar refractivity (Wildman–Crippen MR) is 28.4 cm³/mol. The van der Waals surface area contributed by atoms with Gasteiger partial charge in [0.2, 0.25) is 0 Å². The van der Waals surface area contributed by atoms with Crippen LogP contribution in [0.3, 0.4) is 0 Å². The first-order valence-electron chi connectivity index (χ1n) is 1.41. The highest BCUT2D eigenvalue weighted by Gasteiger charge is 2.03. The fraction of sp³-hybridized carbons (Fsp3) is 0. The summed E-state index contributed by atoms with van der Waals surface area (Å²) in [6.07, 6.45) is 0. The Bertz CT molecular complexity index is 34.1. The third-order valence-electron chi connectivity index (χ3n) is 0.0797. The standard InChI is InChI=1S/C2H4.BClH2O3/c1-2;2-5-1(3)4/h1-2H2;3-4H. The van der Waals surface area contributed by atoms with Crippen molar-refractivity contribution in [1.29, 1.82) is 0 Å². The fourth-order valence-corrected chi connectivity index (χ4v) is 0. The van der Waals surface area contributed by atoms with Gasteiger partial charge in [-0.05, 0) is 0 Å². The topological polar surface area (TPSA) is 49.7 Å². The molecule has 0 rings (SSSR count). The van der Waals surface area contributed by atoms with Crippen LogP contribution < -0.4 is 0 Å². The summed E-state index contributed by atoms with van der Waals surface area (Å²) in [6, 6.07) is 0. The largest absolute Gasteiger partial charge is 0.650 e. The maximum Gasteiger partial charge on any atom is 0.650 e. The highest BCUT2D eigenvalue weighted by molar-refractivity contribution is 6.40. The average molecular weight is 124 g/mol. The second-order valence-corrected chi connectivity index (χ2v) is 0.594. The minimum atomic E-state index is -1.85. The molecule has 5 heteroatoms. The molecular formula is C2H6BClO3. The second kappa shape index (κ2) is 9.36. The van der Waals surface area contributed by atoms with Crippen LogP contribution in [-0.4, -0.2) is 17.4 Å². The Hall–Kier alpha value is -0.0251. The van der Waals surface area contributed by atoms with Gasteiger partial charge in [0.1, 0.15) is 0 Å². The number of halogens is 1. The molecule has 0 bridgehead atoms. The zero-order valence-corrected chi connectivity index (χ0v) is 4.43. The summed E-state index contributed by atoms with van der Waals surface area (Å²) in [5.74, 6) is 0. The smallest absolute Gasteiger partial charge is 0.401 e. The zero-order valence-electron chi connectivity index (χ0n) is 3.67. The molecule has 0 heterocycles. The molecule has 42 valence electrons. The molecule has 0 aromatic carbocycles. The molecule has 0 aromatic rings. The third-order valence-corrected chi connectivity index (χ3v) is 0.239. The molecule has 0 unspecified atom stereocenters. The van der Waals surface area contributed by atoms with Crippen molar-refractivity contribution in [2.45, 2.75) is 0 Å². The minimum absolute atomic E-state index is 1.85. The van der Waals surface area contributed by atoms with Crippen LogP contribution in [0.4, 0.5) is 0 Å². The van der Waals surface area contributed by atoms with Gasteiger partial charge in [-0.1, -0.05) is 0 Å². The zero-order chi connectivity index (χ0) is 6.28. The SMILES string of the molecule is C=C.OB(O)OCl. The summed E-state index contributed by atoms with van der Waals surface area (Å²) in [5, 5.41) is 15.1. The van der Waals surface area contributed by atoms with Gasteiger partial charge in [0.05, 0.1) is 0 Å². The van der Waals surface area contributed by atoms with Gasteiger partial charge in [-0.15, -0.1) is 13.2 Å². The first kappa shape index (κ1) is 10.1. The van der Waals surface area contributed by atoms with E-state index in [1.165, 1.54) is 0 Å². The van der Waals surface area contributed by atoms with Crippen molar-refractivity contribution in [1.82, 2.24) is 0 Å². The summed E-state index contributed by atoms with van der Waals surface area (Å²) >= 11 is 4.34. The van der Waals surface area contributed by atoms with E-state index in [-0.39, 0.29) is 0 Å². The van der Waals surface area contributed by atoms with Gasteiger partial charge in [-0.25, -0.2) is 0 Å². The van der Waals surface area contributed by atoms with Gasteiger partial charge in [-0.3, -0.25) is 4.21 Å². The lowest BCUT2D eigenvalue weighted by atomic mass is 10.3. The van der Waals surface area contributed by atoms with E-state index in [2.05, 4.69) is 29.2 Å². The summed E-state index contributed by atoms with van der Waals surface area (Å²) < 4.78 is 3.33. The van der Waals surface area contributed by atoms with E-state index >= 15 is 0 Å². The van der Waals surface area contributed by atoms with Gasteiger partial charge in [0, 0.05) is 11.9 Å². The number of hydrogen-bond donors (Lipinski definition) is 2. The van der Waals surface area contributed by atoms with E-state index in [9.17, 15) is 0 Å². The summed E-state index contributed by atoms with van der Waals surface area (Å²) in [7, 11) is -1.85. The molecule has 0 saturated heterocycles. The molecule has 0 radical (unpaired) electrons. The average Bonchev–Trinajstić information content (AvgIpc) is 1.73. The molecule has 0 aliphatic rings. The Balaban J connectivity index is 0. The molecule has 0 aliphatic carbocycles. The van der Waals surface area contributed by atoms with Gasteiger partial charge in [-0.2, -0.15) is 0 Å². The Kier molecular flexibility index (Phi) is 13.5. The maximum atomic E-state index is 7.56. The van der Waals surface area contributed by atoms with E-state index in [4.69, 9.17) is 10.0 Å². The van der Waals surface area contributed by atoms with Gasteiger partial charge >= 0.3 is 7.32 Å². The fourth-order valence-electron chi connectivity index (χ4n) is 0. The monoisotopic (exact) mass is 124 g/mol. The van der Waals surface area contributed by atoms with Crippen LogP contribution in [0.15, 0.2) is 13.2 Å². The molecule has 0 aliphatic heterocycles. The van der Waals surface area contributed by atoms with E-state index in [1.807, 2.05) is 0 Å². The van der Waals surface area contributed by atoms with Crippen molar-refractivity contribution >= 4 is 19.2 Å². The highest BCUT2D eigenvalue weighted by Crippen LogP contribution is 1.75. The molecule has 7 heavy (non-hydrogen) atoms. The van der Waals surface area contributed by atoms with Crippen molar-refractivity contribution < 1.29 is 14.3 Å². The molecule has 3 nitrogen and oxygen atoms in total. The van der Waals surface area contributed by atoms with Crippen molar-refractivity contribution in [3.05, 3.63) is 13.2 Å². The van der Waals surface area contributed by atoms with Crippen molar-refractivity contribution in [2.24, 2.45) is 0 Å². The number of hydrogen-bond acceptors (Lipinski definition) is 3. The first-order valence-corrected chi connectivity index (χ1v) is 1.72. The van der Waals surface area contributed by atoms with Crippen molar-refractivity contribution in [3.8, 4) is 0 Å². The third kappa shape index (κ3) is 24.2. The van der Waals surface area contributed by atoms with Crippen LogP contribution >= 0.6 is 11.9 Å². The van der Waals surface area contributed by atoms with E-state index < -0.39 is 7.32 Å². The quantitative estimate of drug-likeness (QED) is 0.380. The highest BCUT2D eigenvalue weighted by atomic mass is 35.5. The van der Waals surface area contributed by atoms with E-state index in [0.29, 0.717) is 0 Å². The number of rotatable bonds is 1. The van der Waals surface area contributed by atoms with Crippen LogP contribution in [0.25, 0.3) is 0 Å². The molecule has 0 atom stereocenters. The van der Waals surface area contributed by atoms with Crippen LogP contribution in [-0.2, 0) is 4.21 Å². The lowest BCUT2D eigenvalue weighted by molar-refractivity contribution is 0.300. The summed E-state index contributed by atoms with van der Waals surface area (Å²) in [4.78, 5) is 0. The minimum Gasteiger partial charge on any atom is -0.401 e. The molecule has 0 amide bonds. The van der Waals surface area contributed by atoms with Crippen LogP contribution in [0.2, 0.25) is 0 Å². The Morgan fingerprint density at radius 1 is 1.43 bits per heavy atom. The van der Waals surface area contributed by atoms with E-state index in [1.54, 1.807) is 0 Å². The van der Waals surface area contributed by atoms with Gasteiger partial charge in [0.25, 0.3) is 0 Å². The molecular weight excluding hydrogens is 118 g/mol. The summed E-state index contributed by atoms with van der Waals surface area (Å²) in [5.41, 5.74) is 0. The van der Waals surface area contributed by atoms with Crippen molar-refractivity contribution in [3.63, 3.8) is 0 Å². The van der Waals surface area contributed by atoms with Gasteiger partial charge in [0.15, 0.2) is 0 Å². The Morgan fingerprint density at radius 2 is 1.57 bits per heavy atom. The Morgan fingerprint density at radius 3 is 1.57 bits per heavy atom. The first-order chi connectivity index (χ1) is 3.27. The normalized spacial score (nSPS) is 6.14. The van der Waals surface area contributed by atoms with Crippen LogP contribution in [0.5, 0.6) is 0 Å². The molecule has 2 N–H and O–H groups in total. The maximum absolute atomic E-state index is 7.56. The molecule has 0 saturated carbocycles. The van der Waals surface area contributed by atoms with Crippen molar-refractivity contribution in [2.75, 3.05) is 0 Å². The lowest BCUT2D eigenvalue weighted by Crippen LogP contribution is -2.09. The molecule has 0 fully saturated rings. The predicted octanol–water partition coefficient (Wildman–Crippen LogP) is -0.0715. The second-order valence-electron chi connectivity index (χ2n) is 0.415. The van der Waals surface area contributed by atoms with Crippen LogP contribution in [0, 0.1) is 0 Å². The van der Waals surface area contributed by atoms with Gasteiger partial charge < -0.3 is 10.0 Å². The lowest BCUT2D eigenvalue weighted by Gasteiger charge is -1.80. The van der Waals surface area contributed by atoms with E-state index in [0.717, 1.165) is 0 Å². The Labute approximate surface area is 47.5 Å². The summed E-state index contributed by atoms with van der Waals surface area (Å²) in [6.45, 7) is 6.00. The molecule has 0 aromatic heterocycles.